The molecular weight excluding hydrogens is 538 g/mol. The van der Waals surface area contributed by atoms with Crippen LogP contribution in [-0.2, 0) is 9.59 Å². The first-order valence-electron chi connectivity index (χ1n) is 10.8. The molecule has 32 heavy (non-hydrogen) atoms. The Labute approximate surface area is 203 Å². The number of Topliss-reactive ketones (excluding diaryl/α,β-unsaturated/α-hetero) is 1. The summed E-state index contributed by atoms with van der Waals surface area (Å²) in [6.45, 7) is 3.80. The summed E-state index contributed by atoms with van der Waals surface area (Å²) in [5, 5.41) is 0. The van der Waals surface area contributed by atoms with E-state index in [0.29, 0.717) is 17.0 Å². The molecule has 0 unspecified atom stereocenters. The fraction of sp³-hybridized carbons (Fsp3) is 0.400. The Morgan fingerprint density at radius 1 is 0.969 bits per heavy atom. The van der Waals surface area contributed by atoms with Gasteiger partial charge in [-0.05, 0) is 61.4 Å². The van der Waals surface area contributed by atoms with E-state index in [1.165, 1.54) is 4.90 Å². The predicted octanol–water partition coefficient (Wildman–Crippen LogP) is 4.85. The molecule has 0 N–H and O–H groups in total. The van der Waals surface area contributed by atoms with E-state index in [9.17, 15) is 14.4 Å². The van der Waals surface area contributed by atoms with Crippen LogP contribution in [0, 0.1) is 37.5 Å². The molecule has 2 aromatic carbocycles. The van der Waals surface area contributed by atoms with Gasteiger partial charge in [0.25, 0.3) is 0 Å². The molecule has 3 fully saturated rings. The van der Waals surface area contributed by atoms with Crippen molar-refractivity contribution in [3.8, 4) is 5.75 Å². The van der Waals surface area contributed by atoms with Gasteiger partial charge in [-0.3, -0.25) is 14.4 Å². The number of ketones is 1. The van der Waals surface area contributed by atoms with Gasteiger partial charge in [0.05, 0.1) is 17.5 Å². The number of alkyl halides is 2. The van der Waals surface area contributed by atoms with Crippen LogP contribution in [-0.4, -0.2) is 33.9 Å². The summed E-state index contributed by atoms with van der Waals surface area (Å²) in [4.78, 5) is 41.1. The zero-order valence-electron chi connectivity index (χ0n) is 17.8. The Morgan fingerprint density at radius 2 is 1.59 bits per heavy atom. The third kappa shape index (κ3) is 3.27. The highest BCUT2D eigenvalue weighted by molar-refractivity contribution is 9.12. The van der Waals surface area contributed by atoms with Gasteiger partial charge < -0.3 is 4.74 Å². The van der Waals surface area contributed by atoms with Crippen LogP contribution < -0.4 is 9.64 Å². The van der Waals surface area contributed by atoms with Crippen molar-refractivity contribution in [2.24, 2.45) is 23.7 Å². The summed E-state index contributed by atoms with van der Waals surface area (Å²) in [6, 6.07) is 12.5. The van der Waals surface area contributed by atoms with Crippen LogP contribution in [0.15, 0.2) is 42.5 Å². The number of para-hydroxylation sites is 2. The molecule has 0 radical (unpaired) electrons. The number of halogens is 2. The van der Waals surface area contributed by atoms with Gasteiger partial charge in [0.1, 0.15) is 5.75 Å². The van der Waals surface area contributed by atoms with E-state index < -0.39 is 0 Å². The maximum absolute atomic E-state index is 13.4. The van der Waals surface area contributed by atoms with Crippen molar-refractivity contribution in [2.75, 3.05) is 11.5 Å². The van der Waals surface area contributed by atoms with E-state index >= 15 is 0 Å². The van der Waals surface area contributed by atoms with Crippen molar-refractivity contribution in [2.45, 2.75) is 29.9 Å². The van der Waals surface area contributed by atoms with Gasteiger partial charge in [-0.25, -0.2) is 4.90 Å². The van der Waals surface area contributed by atoms with E-state index in [4.69, 9.17) is 4.74 Å². The average Bonchev–Trinajstić information content (AvgIpc) is 3.39. The highest BCUT2D eigenvalue weighted by atomic mass is 79.9. The largest absolute Gasteiger partial charge is 0.483 e. The lowest BCUT2D eigenvalue weighted by atomic mass is 9.81. The number of carbonyl (C=O) groups is 3. The number of hydrogen-bond donors (Lipinski definition) is 0. The maximum Gasteiger partial charge on any atom is 0.238 e. The number of amides is 2. The average molecular weight is 561 g/mol. The van der Waals surface area contributed by atoms with Crippen molar-refractivity contribution in [1.29, 1.82) is 0 Å². The van der Waals surface area contributed by atoms with E-state index in [0.717, 1.165) is 17.5 Å². The standard InChI is InChI=1S/C25H23Br2NO4/c1-12-7-8-14(9-13(12)2)18(29)11-32-19-6-4-3-5-17(19)28-24(30)20-15-10-16(21(20)25(28)31)23(27)22(15)26/h3-9,15-16,20-23H,10-11H2,1-2H3/t15-,16+,20-,21-,22-,23+/m0/s1. The second-order valence-electron chi connectivity index (χ2n) is 8.99. The van der Waals surface area contributed by atoms with E-state index in [-0.39, 0.29) is 57.5 Å². The molecule has 166 valence electrons. The van der Waals surface area contributed by atoms with Gasteiger partial charge >= 0.3 is 0 Å². The fourth-order valence-corrected chi connectivity index (χ4v) is 7.37. The second-order valence-corrected chi connectivity index (χ2v) is 11.1. The van der Waals surface area contributed by atoms with Crippen molar-refractivity contribution >= 4 is 55.1 Å². The molecule has 2 aromatic rings. The lowest BCUT2D eigenvalue weighted by Crippen LogP contribution is -2.37. The van der Waals surface area contributed by atoms with Gasteiger partial charge in [0.2, 0.25) is 11.8 Å². The predicted molar refractivity (Wildman–Crippen MR) is 129 cm³/mol. The van der Waals surface area contributed by atoms with Gasteiger partial charge in [-0.15, -0.1) is 0 Å². The highest BCUT2D eigenvalue weighted by Crippen LogP contribution is 2.60. The Hall–Kier alpha value is -1.99. The van der Waals surface area contributed by atoms with E-state index in [1.54, 1.807) is 30.3 Å². The minimum Gasteiger partial charge on any atom is -0.483 e. The van der Waals surface area contributed by atoms with Crippen LogP contribution >= 0.6 is 31.9 Å². The first kappa shape index (κ1) is 21.8. The molecule has 1 saturated heterocycles. The molecule has 6 atom stereocenters. The number of nitrogens with zero attached hydrogens (tertiary/aromatic N) is 1. The Bertz CT molecular complexity index is 1100. The second kappa shape index (κ2) is 8.10. The molecule has 2 amide bonds. The Morgan fingerprint density at radius 3 is 2.22 bits per heavy atom. The van der Waals surface area contributed by atoms with Crippen molar-refractivity contribution in [1.82, 2.24) is 0 Å². The number of anilines is 1. The minimum atomic E-state index is -0.295. The molecule has 0 aromatic heterocycles. The molecule has 5 rings (SSSR count). The van der Waals surface area contributed by atoms with Crippen molar-refractivity contribution < 1.29 is 19.1 Å². The number of hydrogen-bond acceptors (Lipinski definition) is 4. The Balaban J connectivity index is 1.38. The monoisotopic (exact) mass is 559 g/mol. The first-order chi connectivity index (χ1) is 15.3. The van der Waals surface area contributed by atoms with Crippen LogP contribution in [0.5, 0.6) is 5.75 Å². The van der Waals surface area contributed by atoms with Crippen molar-refractivity contribution in [3.63, 3.8) is 0 Å². The van der Waals surface area contributed by atoms with E-state index in [1.807, 2.05) is 26.0 Å². The number of carbonyl (C=O) groups excluding carboxylic acids is 3. The maximum atomic E-state index is 13.4. The first-order valence-corrected chi connectivity index (χ1v) is 12.6. The molecule has 2 saturated carbocycles. The molecule has 3 aliphatic rings. The number of rotatable bonds is 5. The van der Waals surface area contributed by atoms with Gasteiger partial charge in [0, 0.05) is 15.2 Å². The third-order valence-corrected chi connectivity index (χ3v) is 10.5. The summed E-state index contributed by atoms with van der Waals surface area (Å²) >= 11 is 7.43. The van der Waals surface area contributed by atoms with Crippen LogP contribution in [0.25, 0.3) is 0 Å². The zero-order valence-corrected chi connectivity index (χ0v) is 20.9. The fourth-order valence-electron chi connectivity index (χ4n) is 5.49. The molecule has 1 aliphatic heterocycles. The van der Waals surface area contributed by atoms with E-state index in [2.05, 4.69) is 31.9 Å². The molecule has 5 nitrogen and oxygen atoms in total. The van der Waals surface area contributed by atoms with Crippen LogP contribution in [0.2, 0.25) is 0 Å². The lowest BCUT2D eigenvalue weighted by Gasteiger charge is -2.28. The quantitative estimate of drug-likeness (QED) is 0.298. The van der Waals surface area contributed by atoms with Gasteiger partial charge in [-0.1, -0.05) is 56.1 Å². The Kier molecular flexibility index (Phi) is 5.53. The molecule has 7 heteroatoms. The lowest BCUT2D eigenvalue weighted by molar-refractivity contribution is -0.123. The molecule has 2 aliphatic carbocycles. The topological polar surface area (TPSA) is 63.7 Å². The summed E-state index contributed by atoms with van der Waals surface area (Å²) in [5.41, 5.74) is 3.16. The summed E-state index contributed by atoms with van der Waals surface area (Å²) < 4.78 is 5.85. The normalized spacial score (nSPS) is 30.7. The molecule has 1 heterocycles. The smallest absolute Gasteiger partial charge is 0.238 e. The van der Waals surface area contributed by atoms with Gasteiger partial charge in [-0.2, -0.15) is 0 Å². The third-order valence-electron chi connectivity index (χ3n) is 7.28. The van der Waals surface area contributed by atoms with Crippen LogP contribution in [0.4, 0.5) is 5.69 Å². The number of imide groups is 1. The summed E-state index contributed by atoms with van der Waals surface area (Å²) in [7, 11) is 0. The SMILES string of the molecule is Cc1ccc(C(=O)COc2ccccc2N2C(=O)[C@H]3[C@@H]4C[C@@H]([C@@H](Br)[C@H]4Br)[C@@H]3C2=O)cc1C. The number of aryl methyl sites for hydroxylation is 2. The molecule has 2 bridgehead atoms. The number of ether oxygens (including phenoxy) is 1. The molecule has 0 spiro atoms. The molecular formula is C25H23Br2NO4. The van der Waals surface area contributed by atoms with Crippen molar-refractivity contribution in [3.05, 3.63) is 59.2 Å². The van der Waals surface area contributed by atoms with Crippen LogP contribution in [0.3, 0.4) is 0 Å². The summed E-state index contributed by atoms with van der Waals surface area (Å²) in [6.07, 6.45) is 0.884. The highest BCUT2D eigenvalue weighted by Gasteiger charge is 2.66. The summed E-state index contributed by atoms with van der Waals surface area (Å²) in [5.74, 6) is -0.399. The zero-order chi connectivity index (χ0) is 22.7. The number of benzene rings is 2. The number of fused-ring (bicyclic) bond motifs is 5. The minimum absolute atomic E-state index is 0.148. The van der Waals surface area contributed by atoms with Crippen LogP contribution in [0.1, 0.15) is 27.9 Å². The van der Waals surface area contributed by atoms with Gasteiger partial charge in [0.15, 0.2) is 12.4 Å².